The fourth-order valence-electron chi connectivity index (χ4n) is 4.90. The minimum absolute atomic E-state index is 0.204. The summed E-state index contributed by atoms with van der Waals surface area (Å²) in [5.41, 5.74) is 3.79. The average molecular weight is 603 g/mol. The Balaban J connectivity index is 1.15. The average Bonchev–Trinajstić information content (AvgIpc) is 3.03. The van der Waals surface area contributed by atoms with Gasteiger partial charge in [0.15, 0.2) is 0 Å². The molecule has 0 bridgehead atoms. The van der Waals surface area contributed by atoms with Crippen LogP contribution in [0.4, 0.5) is 10.5 Å². The van der Waals surface area contributed by atoms with Crippen LogP contribution in [0.1, 0.15) is 22.3 Å². The molecule has 1 heterocycles. The van der Waals surface area contributed by atoms with Gasteiger partial charge in [0.05, 0.1) is 10.7 Å². The summed E-state index contributed by atoms with van der Waals surface area (Å²) in [6.07, 6.45) is 1.40. The lowest BCUT2D eigenvalue weighted by Crippen LogP contribution is -2.54. The van der Waals surface area contributed by atoms with Crippen molar-refractivity contribution in [1.82, 2.24) is 5.32 Å². The number of rotatable bonds is 8. The molecule has 0 aliphatic carbocycles. The lowest BCUT2D eigenvalue weighted by molar-refractivity contribution is -0.122. The Kier molecular flexibility index (Phi) is 8.12. The van der Waals surface area contributed by atoms with Crippen LogP contribution >= 0.6 is 11.6 Å². The zero-order chi connectivity index (χ0) is 30.6. The molecule has 0 atom stereocenters. The van der Waals surface area contributed by atoms with Crippen LogP contribution in [0.25, 0.3) is 16.8 Å². The van der Waals surface area contributed by atoms with Crippen LogP contribution in [0.5, 0.6) is 11.5 Å². The quantitative estimate of drug-likeness (QED) is 0.146. The third-order valence-corrected chi connectivity index (χ3v) is 7.55. The number of hydrogen-bond acceptors (Lipinski definition) is 5. The SMILES string of the molecule is Cc1ccc(COc2ccc(N3C(=O)NC(=O)/C(=C\c4ccc(OCc5cccc6ccccc56)c(Cl)c4)C3=O)cc2)cc1. The van der Waals surface area contributed by atoms with Crippen LogP contribution in [-0.4, -0.2) is 17.8 Å². The van der Waals surface area contributed by atoms with Crippen LogP contribution < -0.4 is 19.7 Å². The van der Waals surface area contributed by atoms with E-state index >= 15 is 0 Å². The highest BCUT2D eigenvalue weighted by atomic mass is 35.5. The predicted octanol–water partition coefficient (Wildman–Crippen LogP) is 7.63. The fraction of sp³-hybridized carbons (Fsp3) is 0.0833. The van der Waals surface area contributed by atoms with Crippen LogP contribution in [0.15, 0.2) is 115 Å². The third kappa shape index (κ3) is 6.19. The molecule has 0 unspecified atom stereocenters. The Morgan fingerprint density at radius 3 is 2.32 bits per heavy atom. The standard InChI is InChI=1S/C36H27ClN2O5/c1-23-9-11-24(12-10-23)21-43-29-16-14-28(15-17-29)39-35(41)31(34(40)38-36(39)42)19-25-13-18-33(32(37)20-25)44-22-27-7-4-6-26-5-2-3-8-30(26)27/h2-20H,21-22H2,1H3,(H,38,40,42)/b31-19+. The number of fused-ring (bicyclic) bond motifs is 1. The van der Waals surface area contributed by atoms with Crippen molar-refractivity contribution in [2.75, 3.05) is 4.90 Å². The van der Waals surface area contributed by atoms with Gasteiger partial charge in [-0.25, -0.2) is 9.69 Å². The highest BCUT2D eigenvalue weighted by molar-refractivity contribution is 6.39. The highest BCUT2D eigenvalue weighted by Gasteiger charge is 2.36. The zero-order valence-electron chi connectivity index (χ0n) is 23.8. The molecule has 1 aliphatic heterocycles. The summed E-state index contributed by atoms with van der Waals surface area (Å²) in [7, 11) is 0. The summed E-state index contributed by atoms with van der Waals surface area (Å²) in [5, 5.41) is 4.77. The third-order valence-electron chi connectivity index (χ3n) is 7.25. The van der Waals surface area contributed by atoms with Crippen molar-refractivity contribution in [1.29, 1.82) is 0 Å². The summed E-state index contributed by atoms with van der Waals surface area (Å²) in [4.78, 5) is 39.7. The summed E-state index contributed by atoms with van der Waals surface area (Å²) in [6, 6.07) is 32.8. The number of ether oxygens (including phenoxy) is 2. The van der Waals surface area contributed by atoms with E-state index in [0.29, 0.717) is 41.0 Å². The number of benzene rings is 5. The number of halogens is 1. The van der Waals surface area contributed by atoms with E-state index in [0.717, 1.165) is 32.4 Å². The molecule has 44 heavy (non-hydrogen) atoms. The number of aryl methyl sites for hydroxylation is 1. The van der Waals surface area contributed by atoms with Crippen molar-refractivity contribution in [2.45, 2.75) is 20.1 Å². The van der Waals surface area contributed by atoms with Crippen LogP contribution in [-0.2, 0) is 22.8 Å². The van der Waals surface area contributed by atoms with Crippen molar-refractivity contribution in [3.05, 3.63) is 142 Å². The molecule has 0 radical (unpaired) electrons. The van der Waals surface area contributed by atoms with Crippen LogP contribution in [0.3, 0.4) is 0 Å². The molecular weight excluding hydrogens is 576 g/mol. The van der Waals surface area contributed by atoms with Gasteiger partial charge in [-0.2, -0.15) is 0 Å². The second-order valence-corrected chi connectivity index (χ2v) is 10.8. The summed E-state index contributed by atoms with van der Waals surface area (Å²) in [5.74, 6) is -0.507. The Morgan fingerprint density at radius 1 is 0.795 bits per heavy atom. The maximum Gasteiger partial charge on any atom is 0.335 e. The first kappa shape index (κ1) is 28.7. The molecule has 0 saturated carbocycles. The van der Waals surface area contributed by atoms with E-state index in [1.807, 2.05) is 73.7 Å². The number of urea groups is 1. The monoisotopic (exact) mass is 602 g/mol. The first-order valence-corrected chi connectivity index (χ1v) is 14.3. The van der Waals surface area contributed by atoms with Gasteiger partial charge >= 0.3 is 6.03 Å². The second kappa shape index (κ2) is 12.5. The van der Waals surface area contributed by atoms with Gasteiger partial charge in [-0.15, -0.1) is 0 Å². The number of imide groups is 2. The van der Waals surface area contributed by atoms with E-state index in [4.69, 9.17) is 21.1 Å². The van der Waals surface area contributed by atoms with E-state index in [1.54, 1.807) is 42.5 Å². The van der Waals surface area contributed by atoms with Gasteiger partial charge < -0.3 is 9.47 Å². The number of carbonyl (C=O) groups is 3. The van der Waals surface area contributed by atoms with Gasteiger partial charge in [-0.3, -0.25) is 14.9 Å². The molecule has 1 fully saturated rings. The minimum Gasteiger partial charge on any atom is -0.489 e. The minimum atomic E-state index is -0.833. The molecule has 218 valence electrons. The Hall–Kier alpha value is -5.40. The van der Waals surface area contributed by atoms with E-state index in [2.05, 4.69) is 5.32 Å². The Bertz CT molecular complexity index is 1910. The van der Waals surface area contributed by atoms with Crippen LogP contribution in [0, 0.1) is 6.92 Å². The summed E-state index contributed by atoms with van der Waals surface area (Å²) >= 11 is 6.52. The number of amides is 4. The van der Waals surface area contributed by atoms with Crippen molar-refractivity contribution in [2.24, 2.45) is 0 Å². The molecule has 1 aliphatic rings. The molecule has 5 aromatic rings. The molecule has 0 aromatic heterocycles. The number of carbonyl (C=O) groups excluding carboxylic acids is 3. The van der Waals surface area contributed by atoms with Gasteiger partial charge in [0.2, 0.25) is 0 Å². The van der Waals surface area contributed by atoms with Gasteiger partial charge in [0, 0.05) is 0 Å². The highest BCUT2D eigenvalue weighted by Crippen LogP contribution is 2.30. The van der Waals surface area contributed by atoms with Gasteiger partial charge in [-0.05, 0) is 76.9 Å². The van der Waals surface area contributed by atoms with Crippen molar-refractivity contribution in [3.8, 4) is 11.5 Å². The van der Waals surface area contributed by atoms with E-state index in [9.17, 15) is 14.4 Å². The smallest absolute Gasteiger partial charge is 0.335 e. The first-order valence-electron chi connectivity index (χ1n) is 13.9. The first-order chi connectivity index (χ1) is 21.4. The molecule has 7 nitrogen and oxygen atoms in total. The van der Waals surface area contributed by atoms with Crippen molar-refractivity contribution >= 4 is 52.0 Å². The molecule has 5 aromatic carbocycles. The van der Waals surface area contributed by atoms with E-state index in [1.165, 1.54) is 6.08 Å². The topological polar surface area (TPSA) is 84.9 Å². The van der Waals surface area contributed by atoms with Crippen molar-refractivity contribution in [3.63, 3.8) is 0 Å². The number of nitrogens with zero attached hydrogens (tertiary/aromatic N) is 1. The lowest BCUT2D eigenvalue weighted by atomic mass is 10.1. The number of anilines is 1. The predicted molar refractivity (Wildman–Crippen MR) is 171 cm³/mol. The number of nitrogens with one attached hydrogen (secondary N) is 1. The molecule has 0 spiro atoms. The molecular formula is C36H27ClN2O5. The molecule has 8 heteroatoms. The maximum atomic E-state index is 13.4. The summed E-state index contributed by atoms with van der Waals surface area (Å²) in [6.45, 7) is 2.71. The van der Waals surface area contributed by atoms with Gasteiger partial charge in [0.25, 0.3) is 11.8 Å². The molecule has 1 saturated heterocycles. The number of barbiturate groups is 1. The molecule has 1 N–H and O–H groups in total. The fourth-order valence-corrected chi connectivity index (χ4v) is 5.14. The Morgan fingerprint density at radius 2 is 1.55 bits per heavy atom. The summed E-state index contributed by atoms with van der Waals surface area (Å²) < 4.78 is 11.8. The van der Waals surface area contributed by atoms with E-state index in [-0.39, 0.29) is 5.57 Å². The Labute approximate surface area is 259 Å². The normalized spacial score (nSPS) is 14.2. The lowest BCUT2D eigenvalue weighted by Gasteiger charge is -2.26. The molecule has 6 rings (SSSR count). The van der Waals surface area contributed by atoms with E-state index < -0.39 is 17.8 Å². The van der Waals surface area contributed by atoms with Crippen LogP contribution in [0.2, 0.25) is 5.02 Å². The van der Waals surface area contributed by atoms with Gasteiger partial charge in [0.1, 0.15) is 30.3 Å². The molecule has 4 amide bonds. The number of hydrogen-bond donors (Lipinski definition) is 1. The van der Waals surface area contributed by atoms with Gasteiger partial charge in [-0.1, -0.05) is 90.0 Å². The second-order valence-electron chi connectivity index (χ2n) is 10.3. The van der Waals surface area contributed by atoms with Crippen molar-refractivity contribution < 1.29 is 23.9 Å². The maximum absolute atomic E-state index is 13.4. The zero-order valence-corrected chi connectivity index (χ0v) is 24.5. The largest absolute Gasteiger partial charge is 0.489 e.